The summed E-state index contributed by atoms with van der Waals surface area (Å²) in [5.41, 5.74) is 5.58. The fraction of sp³-hybridized carbons (Fsp3) is 0.181. The van der Waals surface area contributed by atoms with E-state index >= 15 is 0 Å². The van der Waals surface area contributed by atoms with Gasteiger partial charge in [0.2, 0.25) is 0 Å². The molecule has 1 aliphatic heterocycles. The Kier molecular flexibility index (Phi) is 9.07. The average molecular weight is 1010 g/mol. The summed E-state index contributed by atoms with van der Waals surface area (Å²) >= 11 is 0. The van der Waals surface area contributed by atoms with Crippen molar-refractivity contribution in [3.05, 3.63) is 229 Å². The summed E-state index contributed by atoms with van der Waals surface area (Å²) in [5.74, 6) is 2.09. The van der Waals surface area contributed by atoms with E-state index in [1.807, 2.05) is 93.7 Å². The number of anilines is 2. The standard InChI is InChI=1S/C72H64N4O/c1-70(2,3)48-37-38-73-66(42-48)76-63-31-18-17-29-59(63)60-34-33-53(44-65(60)76)77-52-24-19-23-51(43-52)74-45-75-68-61(30-20-32-64(68)74)57-27-15-13-25-55(57)56-26-14-16-28-58(56)62-36-35-54(46-21-11-10-12-22-46)67(69(62)75)47-39-49(71(4,5)6)41-50(40-47)72(7,8)9/h10-44H,45H2,1-9H3/i4D3,5D3,6D3. The van der Waals surface area contributed by atoms with Crippen molar-refractivity contribution in [2.24, 2.45) is 0 Å². The molecule has 3 aromatic heterocycles. The largest absolute Gasteiger partial charge is 0.457 e. The van der Waals surface area contributed by atoms with Gasteiger partial charge in [-0.25, -0.2) is 4.98 Å². The number of hydrogen-bond donors (Lipinski definition) is 0. The lowest BCUT2D eigenvalue weighted by Crippen LogP contribution is -2.17. The molecule has 0 unspecified atom stereocenters. The predicted molar refractivity (Wildman–Crippen MR) is 326 cm³/mol. The third-order valence-electron chi connectivity index (χ3n) is 15.5. The highest BCUT2D eigenvalue weighted by Crippen LogP contribution is 2.48. The van der Waals surface area contributed by atoms with Crippen LogP contribution in [0.3, 0.4) is 0 Å². The average Bonchev–Trinajstić information content (AvgIpc) is 0.922. The van der Waals surface area contributed by atoms with Crippen LogP contribution in [0.4, 0.5) is 11.4 Å². The van der Waals surface area contributed by atoms with Gasteiger partial charge in [-0.2, -0.15) is 0 Å². The van der Waals surface area contributed by atoms with Gasteiger partial charge in [0.15, 0.2) is 0 Å². The Labute approximate surface area is 464 Å². The molecule has 1 aliphatic rings. The minimum absolute atomic E-state index is 0.0864. The van der Waals surface area contributed by atoms with Crippen LogP contribution < -0.4 is 9.64 Å². The normalized spacial score (nSPS) is 15.1. The zero-order chi connectivity index (χ0) is 60.5. The van der Waals surface area contributed by atoms with E-state index in [2.05, 4.69) is 162 Å². The fourth-order valence-corrected chi connectivity index (χ4v) is 11.6. The van der Waals surface area contributed by atoms with Crippen molar-refractivity contribution in [1.29, 1.82) is 0 Å². The monoisotopic (exact) mass is 1010 g/mol. The number of fused-ring (bicyclic) bond motifs is 10. The van der Waals surface area contributed by atoms with Crippen molar-refractivity contribution < 1.29 is 17.1 Å². The number of ether oxygens (including phenoxy) is 1. The van der Waals surface area contributed by atoms with Crippen LogP contribution in [0, 0.1) is 0 Å². The molecule has 77 heavy (non-hydrogen) atoms. The van der Waals surface area contributed by atoms with Crippen LogP contribution in [-0.2, 0) is 22.9 Å². The van der Waals surface area contributed by atoms with Gasteiger partial charge in [-0.1, -0.05) is 208 Å². The van der Waals surface area contributed by atoms with Crippen LogP contribution in [0.1, 0.15) is 91.1 Å². The van der Waals surface area contributed by atoms with E-state index in [0.717, 1.165) is 93.5 Å². The maximum Gasteiger partial charge on any atom is 0.137 e. The molecule has 378 valence electrons. The van der Waals surface area contributed by atoms with Gasteiger partial charge in [-0.3, -0.25) is 4.57 Å². The molecule has 5 heteroatoms. The molecule has 4 heterocycles. The quantitative estimate of drug-likeness (QED) is 0.166. The molecule has 0 spiro atoms. The Hall–Kier alpha value is -8.67. The zero-order valence-corrected chi connectivity index (χ0v) is 44.1. The molecular formula is C72H64N4O. The van der Waals surface area contributed by atoms with Crippen LogP contribution in [-0.4, -0.2) is 14.1 Å². The summed E-state index contributed by atoms with van der Waals surface area (Å²) in [4.78, 5) is 7.19. The van der Waals surface area contributed by atoms with Crippen LogP contribution in [0.25, 0.3) is 93.2 Å². The molecular weight excluding hydrogens is 937 g/mol. The molecule has 0 atom stereocenters. The first kappa shape index (κ1) is 38.8. The van der Waals surface area contributed by atoms with Crippen molar-refractivity contribution in [2.75, 3.05) is 4.90 Å². The number of benzene rings is 9. The first-order valence-corrected chi connectivity index (χ1v) is 26.4. The highest BCUT2D eigenvalue weighted by molar-refractivity contribution is 6.23. The van der Waals surface area contributed by atoms with Gasteiger partial charge in [0.1, 0.15) is 24.0 Å². The van der Waals surface area contributed by atoms with E-state index in [9.17, 15) is 0 Å². The van der Waals surface area contributed by atoms with E-state index in [1.54, 1.807) is 0 Å². The molecule has 9 aromatic carbocycles. The van der Waals surface area contributed by atoms with Gasteiger partial charge in [-0.15, -0.1) is 0 Å². The van der Waals surface area contributed by atoms with E-state index in [4.69, 9.17) is 22.1 Å². The van der Waals surface area contributed by atoms with Crippen molar-refractivity contribution in [3.8, 4) is 39.6 Å². The lowest BCUT2D eigenvalue weighted by molar-refractivity contribution is 0.483. The highest BCUT2D eigenvalue weighted by Gasteiger charge is 2.29. The first-order valence-electron chi connectivity index (χ1n) is 30.9. The van der Waals surface area contributed by atoms with Crippen LogP contribution >= 0.6 is 0 Å². The molecule has 0 saturated carbocycles. The maximum absolute atomic E-state index is 8.97. The van der Waals surface area contributed by atoms with E-state index < -0.39 is 31.4 Å². The Balaban J connectivity index is 1.09. The van der Waals surface area contributed by atoms with E-state index in [-0.39, 0.29) is 17.6 Å². The minimum Gasteiger partial charge on any atom is -0.457 e. The van der Waals surface area contributed by atoms with Gasteiger partial charge >= 0.3 is 0 Å². The van der Waals surface area contributed by atoms with Gasteiger partial charge in [0.05, 0.1) is 27.8 Å². The second-order valence-corrected chi connectivity index (χ2v) is 22.6. The predicted octanol–water partition coefficient (Wildman–Crippen LogP) is 19.8. The Morgan fingerprint density at radius 1 is 0.442 bits per heavy atom. The lowest BCUT2D eigenvalue weighted by atomic mass is 9.78. The number of pyridine rings is 1. The number of rotatable bonds is 6. The van der Waals surface area contributed by atoms with Crippen molar-refractivity contribution in [1.82, 2.24) is 14.1 Å². The van der Waals surface area contributed by atoms with E-state index in [0.29, 0.717) is 28.2 Å². The molecule has 0 fully saturated rings. The van der Waals surface area contributed by atoms with Crippen LogP contribution in [0.2, 0.25) is 0 Å². The van der Waals surface area contributed by atoms with Crippen LogP contribution in [0.5, 0.6) is 11.5 Å². The SMILES string of the molecule is [2H]C([2H])([2H])C(c1cc(-c2c(-c3ccccc3)ccc3c4ccccc4c4ccccc4c4cccc5c4n(c23)CN5c2cccc(Oc3ccc4c5ccccc5n(-c5cc(C(C)(C)C)ccn5)c4c3)c2)cc(C(C)(C)C)c1)(C([2H])([2H])[2H])C([2H])([2H])[2H]. The van der Waals surface area contributed by atoms with Crippen molar-refractivity contribution in [2.45, 2.75) is 85.0 Å². The second-order valence-electron chi connectivity index (χ2n) is 22.6. The maximum atomic E-state index is 8.97. The van der Waals surface area contributed by atoms with Gasteiger partial charge in [0, 0.05) is 63.5 Å². The molecule has 0 bridgehead atoms. The lowest BCUT2D eigenvalue weighted by Gasteiger charge is -2.27. The smallest absolute Gasteiger partial charge is 0.137 e. The Bertz CT molecular complexity index is 4730. The summed E-state index contributed by atoms with van der Waals surface area (Å²) in [6, 6.07) is 69.3. The molecule has 0 amide bonds. The Morgan fingerprint density at radius 3 is 1.73 bits per heavy atom. The van der Waals surface area contributed by atoms with Gasteiger partial charge < -0.3 is 14.2 Å². The summed E-state index contributed by atoms with van der Waals surface area (Å²) in [6.07, 6.45) is 1.88. The summed E-state index contributed by atoms with van der Waals surface area (Å²) in [7, 11) is 0. The number of hydrogen-bond acceptors (Lipinski definition) is 3. The molecule has 5 nitrogen and oxygen atoms in total. The Morgan fingerprint density at radius 2 is 1.03 bits per heavy atom. The summed E-state index contributed by atoms with van der Waals surface area (Å²) < 4.78 is 92.2. The van der Waals surface area contributed by atoms with Crippen molar-refractivity contribution in [3.63, 3.8) is 0 Å². The fourth-order valence-electron chi connectivity index (χ4n) is 11.6. The summed E-state index contributed by atoms with van der Waals surface area (Å²) in [5, 5.41) is 7.98. The number of aromatic nitrogens is 3. The van der Waals surface area contributed by atoms with E-state index in [1.165, 1.54) is 17.7 Å². The highest BCUT2D eigenvalue weighted by atomic mass is 16.5. The molecule has 0 aliphatic carbocycles. The minimum atomic E-state index is -3.50. The zero-order valence-electron chi connectivity index (χ0n) is 53.1. The molecule has 0 saturated heterocycles. The second kappa shape index (κ2) is 18.0. The number of para-hydroxylation sites is 2. The van der Waals surface area contributed by atoms with Crippen LogP contribution in [0.15, 0.2) is 212 Å². The van der Waals surface area contributed by atoms with Gasteiger partial charge in [0.25, 0.3) is 0 Å². The van der Waals surface area contributed by atoms with Crippen molar-refractivity contribution >= 4 is 76.5 Å². The molecule has 12 aromatic rings. The third-order valence-corrected chi connectivity index (χ3v) is 15.5. The third kappa shape index (κ3) is 8.28. The molecule has 0 radical (unpaired) electrons. The summed E-state index contributed by atoms with van der Waals surface area (Å²) in [6.45, 7) is 2.28. The number of nitrogens with zero attached hydrogens (tertiary/aromatic N) is 4. The molecule has 0 N–H and O–H groups in total. The first-order chi connectivity index (χ1) is 40.8. The van der Waals surface area contributed by atoms with Gasteiger partial charge in [-0.05, 0) is 120 Å². The molecule has 13 rings (SSSR count). The topological polar surface area (TPSA) is 35.2 Å².